The summed E-state index contributed by atoms with van der Waals surface area (Å²) in [4.78, 5) is 21.9. The van der Waals surface area contributed by atoms with Crippen molar-refractivity contribution in [2.45, 2.75) is 17.3 Å². The number of alkyl halides is 1. The fraction of sp³-hybridized carbons (Fsp3) is 0.667. The van der Waals surface area contributed by atoms with Gasteiger partial charge >= 0.3 is 12.1 Å². The van der Waals surface area contributed by atoms with Gasteiger partial charge in [-0.3, -0.25) is 4.90 Å². The van der Waals surface area contributed by atoms with Gasteiger partial charge in [-0.05, 0) is 6.42 Å². The molecule has 0 aromatic carbocycles. The Kier molecular flexibility index (Phi) is 2.56. The monoisotopic (exact) mass is 237 g/mol. The maximum Gasteiger partial charge on any atom is 0.408 e. The number of carboxylic acids is 1. The normalized spacial score (nSPS) is 28.9. The molecular formula is C6H8BrNO4. The van der Waals surface area contributed by atoms with E-state index in [1.165, 1.54) is 0 Å². The van der Waals surface area contributed by atoms with Gasteiger partial charge in [0.15, 0.2) is 0 Å². The first kappa shape index (κ1) is 9.31. The Bertz CT molecular complexity index is 198. The van der Waals surface area contributed by atoms with Crippen molar-refractivity contribution in [3.8, 4) is 0 Å². The van der Waals surface area contributed by atoms with Crippen molar-refractivity contribution in [1.82, 2.24) is 4.90 Å². The summed E-state index contributed by atoms with van der Waals surface area (Å²) in [5, 5.41) is 17.2. The molecule has 68 valence electrons. The average Bonchev–Trinajstić information content (AvgIpc) is 2.31. The molecular weight excluding hydrogens is 230 g/mol. The summed E-state index contributed by atoms with van der Waals surface area (Å²) in [6.45, 7) is 0.242. The molecule has 0 spiro atoms. The molecule has 1 aliphatic rings. The number of halogens is 1. The fourth-order valence-electron chi connectivity index (χ4n) is 1.23. The summed E-state index contributed by atoms with van der Waals surface area (Å²) >= 11 is 3.19. The van der Waals surface area contributed by atoms with E-state index in [4.69, 9.17) is 10.2 Å². The molecule has 1 saturated heterocycles. The molecule has 5 nitrogen and oxygen atoms in total. The quantitative estimate of drug-likeness (QED) is 0.655. The molecule has 0 radical (unpaired) electrons. The molecule has 6 heteroatoms. The highest BCUT2D eigenvalue weighted by Gasteiger charge is 2.38. The predicted octanol–water partition coefficient (Wildman–Crippen LogP) is 0.587. The number of carboxylic acid groups (broad SMARTS) is 2. The van der Waals surface area contributed by atoms with Gasteiger partial charge in [0.1, 0.15) is 6.04 Å². The standard InChI is InChI=1S/C6H8BrNO4/c7-3-1-4(5(9)10)8(2-3)6(11)12/h3-4H,1-2H2,(H,9,10)(H,11,12)/t3-,4+/m0/s1. The van der Waals surface area contributed by atoms with Crippen molar-refractivity contribution < 1.29 is 19.8 Å². The van der Waals surface area contributed by atoms with Gasteiger partial charge in [-0.1, -0.05) is 15.9 Å². The lowest BCUT2D eigenvalue weighted by atomic mass is 10.2. The van der Waals surface area contributed by atoms with E-state index in [-0.39, 0.29) is 11.4 Å². The molecule has 12 heavy (non-hydrogen) atoms. The lowest BCUT2D eigenvalue weighted by Crippen LogP contribution is -2.39. The van der Waals surface area contributed by atoms with Crippen LogP contribution in [-0.4, -0.2) is 44.6 Å². The SMILES string of the molecule is O=C(O)[C@H]1C[C@H](Br)CN1C(=O)O. The van der Waals surface area contributed by atoms with E-state index in [0.29, 0.717) is 6.42 Å². The van der Waals surface area contributed by atoms with Crippen LogP contribution in [0.3, 0.4) is 0 Å². The maximum atomic E-state index is 10.5. The van der Waals surface area contributed by atoms with Crippen LogP contribution in [0, 0.1) is 0 Å². The van der Waals surface area contributed by atoms with Gasteiger partial charge in [-0.2, -0.15) is 0 Å². The van der Waals surface area contributed by atoms with Crippen molar-refractivity contribution in [3.05, 3.63) is 0 Å². The second-order valence-electron chi connectivity index (χ2n) is 2.62. The number of amides is 1. The molecule has 1 amide bonds. The number of hydrogen-bond donors (Lipinski definition) is 2. The Labute approximate surface area is 77.1 Å². The minimum atomic E-state index is -1.18. The molecule has 1 aliphatic heterocycles. The van der Waals surface area contributed by atoms with Crippen LogP contribution in [0.15, 0.2) is 0 Å². The highest BCUT2D eigenvalue weighted by Crippen LogP contribution is 2.23. The second kappa shape index (κ2) is 3.30. The Hall–Kier alpha value is -0.780. The third kappa shape index (κ3) is 1.69. The van der Waals surface area contributed by atoms with E-state index >= 15 is 0 Å². The number of rotatable bonds is 1. The van der Waals surface area contributed by atoms with Crippen LogP contribution < -0.4 is 0 Å². The van der Waals surface area contributed by atoms with Crippen molar-refractivity contribution in [2.24, 2.45) is 0 Å². The molecule has 0 aromatic heterocycles. The van der Waals surface area contributed by atoms with E-state index in [2.05, 4.69) is 15.9 Å². The van der Waals surface area contributed by atoms with Crippen molar-refractivity contribution in [1.29, 1.82) is 0 Å². The van der Waals surface area contributed by atoms with Crippen LogP contribution in [0.25, 0.3) is 0 Å². The van der Waals surface area contributed by atoms with E-state index < -0.39 is 18.1 Å². The van der Waals surface area contributed by atoms with Crippen molar-refractivity contribution in [3.63, 3.8) is 0 Å². The predicted molar refractivity (Wildman–Crippen MR) is 43.5 cm³/mol. The van der Waals surface area contributed by atoms with E-state index in [0.717, 1.165) is 4.90 Å². The van der Waals surface area contributed by atoms with Crippen molar-refractivity contribution in [2.75, 3.05) is 6.54 Å². The molecule has 1 fully saturated rings. The Morgan fingerprint density at radius 3 is 2.33 bits per heavy atom. The zero-order chi connectivity index (χ0) is 9.30. The third-order valence-corrected chi connectivity index (χ3v) is 2.44. The van der Waals surface area contributed by atoms with Gasteiger partial charge in [0.05, 0.1) is 0 Å². The number of carbonyl (C=O) groups is 2. The molecule has 1 heterocycles. The van der Waals surface area contributed by atoms with E-state index in [1.54, 1.807) is 0 Å². The van der Waals surface area contributed by atoms with Crippen LogP contribution in [-0.2, 0) is 4.79 Å². The second-order valence-corrected chi connectivity index (χ2v) is 3.92. The van der Waals surface area contributed by atoms with Gasteiger partial charge in [0.2, 0.25) is 0 Å². The number of nitrogens with zero attached hydrogens (tertiary/aromatic N) is 1. The molecule has 0 aromatic rings. The Balaban J connectivity index is 2.72. The van der Waals surface area contributed by atoms with Gasteiger partial charge in [0.25, 0.3) is 0 Å². The molecule has 2 atom stereocenters. The number of likely N-dealkylation sites (tertiary alicyclic amines) is 1. The zero-order valence-corrected chi connectivity index (χ0v) is 7.69. The lowest BCUT2D eigenvalue weighted by Gasteiger charge is -2.16. The number of hydrogen-bond acceptors (Lipinski definition) is 2. The molecule has 0 saturated carbocycles. The third-order valence-electron chi connectivity index (χ3n) is 1.78. The van der Waals surface area contributed by atoms with Crippen LogP contribution >= 0.6 is 15.9 Å². The first-order chi connectivity index (χ1) is 5.52. The summed E-state index contributed by atoms with van der Waals surface area (Å²) < 4.78 is 0. The smallest absolute Gasteiger partial charge is 0.408 e. The van der Waals surface area contributed by atoms with Crippen LogP contribution in [0.2, 0.25) is 0 Å². The van der Waals surface area contributed by atoms with Crippen LogP contribution in [0.4, 0.5) is 4.79 Å². The fourth-order valence-corrected chi connectivity index (χ4v) is 1.90. The van der Waals surface area contributed by atoms with Crippen LogP contribution in [0.1, 0.15) is 6.42 Å². The molecule has 0 aliphatic carbocycles. The van der Waals surface area contributed by atoms with Crippen molar-refractivity contribution >= 4 is 28.0 Å². The largest absolute Gasteiger partial charge is 0.480 e. The average molecular weight is 238 g/mol. The Morgan fingerprint density at radius 1 is 1.42 bits per heavy atom. The molecule has 1 rings (SSSR count). The van der Waals surface area contributed by atoms with Crippen LogP contribution in [0.5, 0.6) is 0 Å². The summed E-state index contributed by atoms with van der Waals surface area (Å²) in [6.07, 6.45) is -0.842. The summed E-state index contributed by atoms with van der Waals surface area (Å²) in [6, 6.07) is -0.896. The molecule has 0 unspecified atom stereocenters. The summed E-state index contributed by atoms with van der Waals surface area (Å²) in [5.41, 5.74) is 0. The van der Waals surface area contributed by atoms with Gasteiger partial charge < -0.3 is 10.2 Å². The van der Waals surface area contributed by atoms with Gasteiger partial charge in [-0.15, -0.1) is 0 Å². The van der Waals surface area contributed by atoms with E-state index in [1.807, 2.05) is 0 Å². The topological polar surface area (TPSA) is 77.8 Å². The minimum Gasteiger partial charge on any atom is -0.480 e. The highest BCUT2D eigenvalue weighted by atomic mass is 79.9. The Morgan fingerprint density at radius 2 is 2.00 bits per heavy atom. The first-order valence-electron chi connectivity index (χ1n) is 3.39. The summed E-state index contributed by atoms with van der Waals surface area (Å²) in [7, 11) is 0. The van der Waals surface area contributed by atoms with Gasteiger partial charge in [0, 0.05) is 11.4 Å². The first-order valence-corrected chi connectivity index (χ1v) is 4.30. The zero-order valence-electron chi connectivity index (χ0n) is 6.11. The minimum absolute atomic E-state index is 0.0466. The summed E-state index contributed by atoms with van der Waals surface area (Å²) in [5.74, 6) is -1.08. The maximum absolute atomic E-state index is 10.5. The number of aliphatic carboxylic acids is 1. The lowest BCUT2D eigenvalue weighted by molar-refractivity contribution is -0.141. The molecule has 0 bridgehead atoms. The highest BCUT2D eigenvalue weighted by molar-refractivity contribution is 9.09. The molecule has 2 N–H and O–H groups in total. The van der Waals surface area contributed by atoms with Gasteiger partial charge in [-0.25, -0.2) is 9.59 Å². The van der Waals surface area contributed by atoms with E-state index in [9.17, 15) is 9.59 Å².